The number of benzene rings is 1. The fourth-order valence-electron chi connectivity index (χ4n) is 3.15. The number of nitrogens with one attached hydrogen (secondary N) is 1. The minimum atomic E-state index is -3.38. The van der Waals surface area contributed by atoms with E-state index in [9.17, 15) is 13.2 Å². The number of sulfone groups is 1. The molecule has 3 rings (SSSR count). The summed E-state index contributed by atoms with van der Waals surface area (Å²) >= 11 is 0. The predicted molar refractivity (Wildman–Crippen MR) is 84.6 cm³/mol. The number of carbonyl (C=O) groups is 1. The Morgan fingerprint density at radius 2 is 1.86 bits per heavy atom. The first kappa shape index (κ1) is 15.5. The smallest absolute Gasteiger partial charge is 0.223 e. The predicted octanol–water partition coefficient (Wildman–Crippen LogP) is 0.771. The van der Waals surface area contributed by atoms with Crippen molar-refractivity contribution in [1.82, 2.24) is 10.2 Å². The van der Waals surface area contributed by atoms with Crippen molar-refractivity contribution in [3.8, 4) is 0 Å². The summed E-state index contributed by atoms with van der Waals surface area (Å²) in [6, 6.07) is 5.41. The maximum atomic E-state index is 12.4. The molecule has 0 saturated carbocycles. The number of piperazine rings is 1. The SMILES string of the molecule is O=C(CCS(=O)(=O)c1ccc2c(c1)CCC2)N1CCNCC1. The fraction of sp³-hybridized carbons (Fsp3) is 0.562. The lowest BCUT2D eigenvalue weighted by Gasteiger charge is -2.27. The van der Waals surface area contributed by atoms with Gasteiger partial charge in [-0.2, -0.15) is 0 Å². The third-order valence-electron chi connectivity index (χ3n) is 4.48. The molecule has 0 atom stereocenters. The Balaban J connectivity index is 1.64. The summed E-state index contributed by atoms with van der Waals surface area (Å²) in [7, 11) is -3.38. The molecule has 6 heteroatoms. The van der Waals surface area contributed by atoms with E-state index in [1.807, 2.05) is 6.07 Å². The minimum absolute atomic E-state index is 0.0637. The van der Waals surface area contributed by atoms with Crippen LogP contribution in [0.15, 0.2) is 23.1 Å². The Morgan fingerprint density at radius 1 is 1.14 bits per heavy atom. The van der Waals surface area contributed by atoms with Crippen LogP contribution in [0, 0.1) is 0 Å². The van der Waals surface area contributed by atoms with E-state index in [4.69, 9.17) is 0 Å². The fourth-order valence-corrected chi connectivity index (χ4v) is 4.43. The molecule has 0 aromatic heterocycles. The van der Waals surface area contributed by atoms with Crippen molar-refractivity contribution < 1.29 is 13.2 Å². The van der Waals surface area contributed by atoms with Crippen molar-refractivity contribution in [2.75, 3.05) is 31.9 Å². The van der Waals surface area contributed by atoms with E-state index >= 15 is 0 Å². The van der Waals surface area contributed by atoms with Gasteiger partial charge in [-0.25, -0.2) is 8.42 Å². The first-order valence-corrected chi connectivity index (χ1v) is 9.54. The molecule has 1 amide bonds. The molecule has 1 N–H and O–H groups in total. The minimum Gasteiger partial charge on any atom is -0.340 e. The lowest BCUT2D eigenvalue weighted by atomic mass is 10.1. The topological polar surface area (TPSA) is 66.5 Å². The summed E-state index contributed by atoms with van der Waals surface area (Å²) < 4.78 is 24.9. The summed E-state index contributed by atoms with van der Waals surface area (Å²) in [6.07, 6.45) is 3.16. The largest absolute Gasteiger partial charge is 0.340 e. The Kier molecular flexibility index (Phi) is 4.49. The third-order valence-corrected chi connectivity index (χ3v) is 6.20. The quantitative estimate of drug-likeness (QED) is 0.889. The highest BCUT2D eigenvalue weighted by atomic mass is 32.2. The molecule has 1 aliphatic carbocycles. The molecular formula is C16H22N2O3S. The third kappa shape index (κ3) is 3.33. The molecule has 1 aliphatic heterocycles. The van der Waals surface area contributed by atoms with Crippen molar-refractivity contribution in [2.24, 2.45) is 0 Å². The highest BCUT2D eigenvalue weighted by Gasteiger charge is 2.22. The van der Waals surface area contributed by atoms with Crippen LogP contribution in [0.5, 0.6) is 0 Å². The van der Waals surface area contributed by atoms with E-state index in [-0.39, 0.29) is 18.1 Å². The molecule has 0 unspecified atom stereocenters. The molecule has 5 nitrogen and oxygen atoms in total. The van der Waals surface area contributed by atoms with E-state index in [0.717, 1.165) is 37.9 Å². The van der Waals surface area contributed by atoms with Crippen molar-refractivity contribution >= 4 is 15.7 Å². The van der Waals surface area contributed by atoms with Gasteiger partial charge in [0.25, 0.3) is 0 Å². The molecule has 1 saturated heterocycles. The Bertz CT molecular complexity index is 664. The number of nitrogens with zero attached hydrogens (tertiary/aromatic N) is 1. The lowest BCUT2D eigenvalue weighted by molar-refractivity contribution is -0.131. The lowest BCUT2D eigenvalue weighted by Crippen LogP contribution is -2.46. The zero-order chi connectivity index (χ0) is 15.6. The number of aryl methyl sites for hydroxylation is 2. The second-order valence-electron chi connectivity index (χ2n) is 5.98. The molecule has 1 fully saturated rings. The van der Waals surface area contributed by atoms with Crippen molar-refractivity contribution in [3.63, 3.8) is 0 Å². The number of hydrogen-bond donors (Lipinski definition) is 1. The molecule has 0 radical (unpaired) electrons. The Labute approximate surface area is 131 Å². The van der Waals surface area contributed by atoms with Crippen molar-refractivity contribution in [1.29, 1.82) is 0 Å². The first-order chi connectivity index (χ1) is 10.6. The van der Waals surface area contributed by atoms with Crippen molar-refractivity contribution in [3.05, 3.63) is 29.3 Å². The van der Waals surface area contributed by atoms with Gasteiger partial charge < -0.3 is 10.2 Å². The zero-order valence-electron chi connectivity index (χ0n) is 12.7. The maximum absolute atomic E-state index is 12.4. The van der Waals surface area contributed by atoms with Crippen LogP contribution >= 0.6 is 0 Å². The van der Waals surface area contributed by atoms with Gasteiger partial charge in [-0.15, -0.1) is 0 Å². The molecule has 0 spiro atoms. The number of hydrogen-bond acceptors (Lipinski definition) is 4. The van der Waals surface area contributed by atoms with Crippen LogP contribution in [0.2, 0.25) is 0 Å². The second kappa shape index (κ2) is 6.38. The normalized spacial score (nSPS) is 18.3. The average molecular weight is 322 g/mol. The summed E-state index contributed by atoms with van der Waals surface area (Å²) in [5.74, 6) is -0.166. The molecule has 1 aromatic carbocycles. The summed E-state index contributed by atoms with van der Waals surface area (Å²) in [6.45, 7) is 2.89. The van der Waals surface area contributed by atoms with Gasteiger partial charge in [0.1, 0.15) is 0 Å². The molecule has 2 aliphatic rings. The summed E-state index contributed by atoms with van der Waals surface area (Å²) in [4.78, 5) is 14.2. The number of amides is 1. The molecular weight excluding hydrogens is 300 g/mol. The van der Waals surface area contributed by atoms with Crippen LogP contribution < -0.4 is 5.32 Å². The maximum Gasteiger partial charge on any atom is 0.223 e. The highest BCUT2D eigenvalue weighted by Crippen LogP contribution is 2.25. The van der Waals surface area contributed by atoms with Gasteiger partial charge >= 0.3 is 0 Å². The van der Waals surface area contributed by atoms with Gasteiger partial charge in [-0.3, -0.25) is 4.79 Å². The molecule has 1 aromatic rings. The van der Waals surface area contributed by atoms with E-state index < -0.39 is 9.84 Å². The number of fused-ring (bicyclic) bond motifs is 1. The van der Waals surface area contributed by atoms with Crippen molar-refractivity contribution in [2.45, 2.75) is 30.6 Å². The second-order valence-corrected chi connectivity index (χ2v) is 8.09. The number of rotatable bonds is 4. The van der Waals surface area contributed by atoms with Gasteiger partial charge in [-0.05, 0) is 42.5 Å². The van der Waals surface area contributed by atoms with E-state index in [1.165, 1.54) is 5.56 Å². The van der Waals surface area contributed by atoms with Gasteiger partial charge in [0.15, 0.2) is 9.84 Å². The van der Waals surface area contributed by atoms with Crippen LogP contribution in [-0.4, -0.2) is 51.2 Å². The van der Waals surface area contributed by atoms with Gasteiger partial charge in [0.2, 0.25) is 5.91 Å². The monoisotopic (exact) mass is 322 g/mol. The van der Waals surface area contributed by atoms with E-state index in [2.05, 4.69) is 5.32 Å². The van der Waals surface area contributed by atoms with Crippen LogP contribution in [0.4, 0.5) is 0 Å². The molecule has 0 bridgehead atoms. The van der Waals surface area contributed by atoms with Gasteiger partial charge in [-0.1, -0.05) is 6.07 Å². The molecule has 22 heavy (non-hydrogen) atoms. The summed E-state index contributed by atoms with van der Waals surface area (Å²) in [5.41, 5.74) is 2.41. The van der Waals surface area contributed by atoms with Crippen LogP contribution in [-0.2, 0) is 27.5 Å². The molecule has 1 heterocycles. The Hall–Kier alpha value is -1.40. The van der Waals surface area contributed by atoms with Gasteiger partial charge in [0, 0.05) is 32.6 Å². The zero-order valence-corrected chi connectivity index (χ0v) is 13.5. The average Bonchev–Trinajstić information content (AvgIpc) is 3.01. The van der Waals surface area contributed by atoms with Crippen LogP contribution in [0.1, 0.15) is 24.0 Å². The number of carbonyl (C=O) groups excluding carboxylic acids is 1. The Morgan fingerprint density at radius 3 is 2.64 bits per heavy atom. The van der Waals surface area contributed by atoms with Gasteiger partial charge in [0.05, 0.1) is 10.6 Å². The highest BCUT2D eigenvalue weighted by molar-refractivity contribution is 7.91. The van der Waals surface area contributed by atoms with Crippen LogP contribution in [0.3, 0.4) is 0 Å². The standard InChI is InChI=1S/C16H22N2O3S/c19-16(18-9-7-17-8-10-18)6-11-22(20,21)15-5-4-13-2-1-3-14(13)12-15/h4-5,12,17H,1-3,6-11H2. The molecule has 120 valence electrons. The van der Waals surface area contributed by atoms with E-state index in [1.54, 1.807) is 17.0 Å². The first-order valence-electron chi connectivity index (χ1n) is 7.89. The summed E-state index contributed by atoms with van der Waals surface area (Å²) in [5, 5.41) is 3.18. The van der Waals surface area contributed by atoms with E-state index in [0.29, 0.717) is 18.0 Å². The van der Waals surface area contributed by atoms with Crippen LogP contribution in [0.25, 0.3) is 0 Å².